The molecule has 0 aliphatic carbocycles. The zero-order chi connectivity index (χ0) is 10.1. The van der Waals surface area contributed by atoms with E-state index in [2.05, 4.69) is 6.58 Å². The minimum Gasteiger partial charge on any atom is -0.303 e. The van der Waals surface area contributed by atoms with E-state index < -0.39 is 0 Å². The minimum absolute atomic E-state index is 0.204. The van der Waals surface area contributed by atoms with Crippen LogP contribution in [0.25, 0.3) is 6.08 Å². The molecule has 0 saturated heterocycles. The first kappa shape index (κ1) is 11.6. The van der Waals surface area contributed by atoms with Gasteiger partial charge in [0.25, 0.3) is 0 Å². The summed E-state index contributed by atoms with van der Waals surface area (Å²) in [6.45, 7) is 7.34. The van der Waals surface area contributed by atoms with Gasteiger partial charge in [0.2, 0.25) is 0 Å². The zero-order valence-corrected chi connectivity index (χ0v) is 8.23. The summed E-state index contributed by atoms with van der Waals surface area (Å²) in [4.78, 5) is 9.50. The molecule has 0 fully saturated rings. The zero-order valence-electron chi connectivity index (χ0n) is 8.23. The summed E-state index contributed by atoms with van der Waals surface area (Å²) in [7, 11) is 0. The quantitative estimate of drug-likeness (QED) is 0.632. The number of aldehydes is 1. The summed E-state index contributed by atoms with van der Waals surface area (Å²) >= 11 is 0. The summed E-state index contributed by atoms with van der Waals surface area (Å²) in [6.07, 6.45) is 2.75. The molecule has 0 N–H and O–H groups in total. The molecule has 1 aromatic rings. The van der Waals surface area contributed by atoms with E-state index in [1.165, 1.54) is 5.56 Å². The molecule has 0 atom stereocenters. The van der Waals surface area contributed by atoms with Crippen LogP contribution in [0, 0.1) is 5.92 Å². The molecule has 0 aliphatic heterocycles. The maximum Gasteiger partial charge on any atom is 0.122 e. The van der Waals surface area contributed by atoms with E-state index in [4.69, 9.17) is 0 Å². The summed E-state index contributed by atoms with van der Waals surface area (Å²) in [5, 5.41) is 0. The summed E-state index contributed by atoms with van der Waals surface area (Å²) in [5.41, 5.74) is 1.17. The molecule has 0 aliphatic rings. The third kappa shape index (κ3) is 7.01. The van der Waals surface area contributed by atoms with Crippen molar-refractivity contribution in [3.05, 3.63) is 42.5 Å². The molecular formula is C12H16O. The van der Waals surface area contributed by atoms with Crippen LogP contribution in [0.4, 0.5) is 0 Å². The standard InChI is InChI=1S/C8H8.C4H8O/c1-2-8-6-4-3-5-7-8;1-4(2)3-5/h2-7H,1H2;3-4H,1-2H3. The van der Waals surface area contributed by atoms with Crippen LogP contribution in [0.2, 0.25) is 0 Å². The maximum atomic E-state index is 9.50. The molecule has 0 bridgehead atoms. The molecule has 0 aromatic heterocycles. The average molecular weight is 176 g/mol. The van der Waals surface area contributed by atoms with Crippen molar-refractivity contribution in [3.63, 3.8) is 0 Å². The van der Waals surface area contributed by atoms with Gasteiger partial charge in [-0.2, -0.15) is 0 Å². The van der Waals surface area contributed by atoms with Crippen molar-refractivity contribution in [3.8, 4) is 0 Å². The van der Waals surface area contributed by atoms with Gasteiger partial charge >= 0.3 is 0 Å². The molecule has 70 valence electrons. The Balaban J connectivity index is 0.000000252. The first-order chi connectivity index (χ1) is 6.20. The molecule has 1 rings (SSSR count). The number of hydrogen-bond acceptors (Lipinski definition) is 1. The monoisotopic (exact) mass is 176 g/mol. The Kier molecular flexibility index (Phi) is 6.52. The van der Waals surface area contributed by atoms with Crippen LogP contribution in [0.3, 0.4) is 0 Å². The van der Waals surface area contributed by atoms with E-state index in [1.807, 2.05) is 50.3 Å². The van der Waals surface area contributed by atoms with Crippen LogP contribution in [0.1, 0.15) is 19.4 Å². The van der Waals surface area contributed by atoms with Crippen LogP contribution in [0.15, 0.2) is 36.9 Å². The lowest BCUT2D eigenvalue weighted by atomic mass is 10.2. The van der Waals surface area contributed by atoms with Crippen LogP contribution in [0.5, 0.6) is 0 Å². The van der Waals surface area contributed by atoms with Crippen molar-refractivity contribution in [2.45, 2.75) is 13.8 Å². The van der Waals surface area contributed by atoms with Crippen molar-refractivity contribution < 1.29 is 4.79 Å². The van der Waals surface area contributed by atoms with Gasteiger partial charge in [-0.15, -0.1) is 0 Å². The van der Waals surface area contributed by atoms with Crippen molar-refractivity contribution in [1.82, 2.24) is 0 Å². The highest BCUT2D eigenvalue weighted by Gasteiger charge is 1.79. The van der Waals surface area contributed by atoms with Gasteiger partial charge < -0.3 is 4.79 Å². The fraction of sp³-hybridized carbons (Fsp3) is 0.250. The van der Waals surface area contributed by atoms with Gasteiger partial charge in [-0.3, -0.25) is 0 Å². The predicted molar refractivity (Wildman–Crippen MR) is 57.4 cm³/mol. The highest BCUT2D eigenvalue weighted by atomic mass is 16.1. The second-order valence-electron chi connectivity index (χ2n) is 2.99. The lowest BCUT2D eigenvalue weighted by molar-refractivity contribution is -0.110. The summed E-state index contributed by atoms with van der Waals surface area (Å²) < 4.78 is 0. The smallest absolute Gasteiger partial charge is 0.122 e. The van der Waals surface area contributed by atoms with E-state index >= 15 is 0 Å². The summed E-state index contributed by atoms with van der Waals surface area (Å²) in [6, 6.07) is 10.0. The third-order valence-corrected chi connectivity index (χ3v) is 1.31. The Labute approximate surface area is 80.1 Å². The van der Waals surface area contributed by atoms with Gasteiger partial charge in [0.1, 0.15) is 6.29 Å². The SMILES string of the molecule is C=Cc1ccccc1.CC(C)C=O. The highest BCUT2D eigenvalue weighted by Crippen LogP contribution is 1.97. The predicted octanol–water partition coefficient (Wildman–Crippen LogP) is 3.17. The van der Waals surface area contributed by atoms with Crippen LogP contribution in [-0.4, -0.2) is 6.29 Å². The molecule has 1 heteroatoms. The van der Waals surface area contributed by atoms with E-state index in [9.17, 15) is 4.79 Å². The molecule has 0 amide bonds. The van der Waals surface area contributed by atoms with Gasteiger partial charge in [0.15, 0.2) is 0 Å². The second-order valence-corrected chi connectivity index (χ2v) is 2.99. The first-order valence-corrected chi connectivity index (χ1v) is 4.33. The number of benzene rings is 1. The number of rotatable bonds is 2. The second kappa shape index (κ2) is 7.29. The Morgan fingerprint density at radius 1 is 1.23 bits per heavy atom. The fourth-order valence-electron chi connectivity index (χ4n) is 0.589. The molecule has 0 unspecified atom stereocenters. The van der Waals surface area contributed by atoms with Gasteiger partial charge in [0.05, 0.1) is 0 Å². The lowest BCUT2D eigenvalue weighted by Crippen LogP contribution is -1.82. The van der Waals surface area contributed by atoms with Crippen molar-refractivity contribution in [2.24, 2.45) is 5.92 Å². The number of carbonyl (C=O) groups is 1. The maximum absolute atomic E-state index is 9.50. The van der Waals surface area contributed by atoms with Gasteiger partial charge in [0, 0.05) is 5.92 Å². The van der Waals surface area contributed by atoms with Crippen LogP contribution < -0.4 is 0 Å². The van der Waals surface area contributed by atoms with Crippen molar-refractivity contribution in [1.29, 1.82) is 0 Å². The Bertz CT molecular complexity index is 237. The van der Waals surface area contributed by atoms with Crippen LogP contribution in [-0.2, 0) is 4.79 Å². The number of carbonyl (C=O) groups excluding carboxylic acids is 1. The minimum atomic E-state index is 0.204. The molecule has 1 nitrogen and oxygen atoms in total. The van der Waals surface area contributed by atoms with E-state index in [-0.39, 0.29) is 5.92 Å². The molecular weight excluding hydrogens is 160 g/mol. The topological polar surface area (TPSA) is 17.1 Å². The first-order valence-electron chi connectivity index (χ1n) is 4.33. The van der Waals surface area contributed by atoms with E-state index in [0.29, 0.717) is 0 Å². The Morgan fingerprint density at radius 3 is 1.92 bits per heavy atom. The van der Waals surface area contributed by atoms with Gasteiger partial charge in [-0.1, -0.05) is 56.8 Å². The highest BCUT2D eigenvalue weighted by molar-refractivity contribution is 5.51. The van der Waals surface area contributed by atoms with Gasteiger partial charge in [-0.05, 0) is 5.56 Å². The molecule has 1 aromatic carbocycles. The molecule has 0 saturated carbocycles. The fourth-order valence-corrected chi connectivity index (χ4v) is 0.589. The summed E-state index contributed by atoms with van der Waals surface area (Å²) in [5.74, 6) is 0.204. The molecule has 13 heavy (non-hydrogen) atoms. The molecule has 0 spiro atoms. The van der Waals surface area contributed by atoms with Crippen molar-refractivity contribution in [2.75, 3.05) is 0 Å². The Hall–Kier alpha value is -1.37. The van der Waals surface area contributed by atoms with Gasteiger partial charge in [-0.25, -0.2) is 0 Å². The molecule has 0 heterocycles. The van der Waals surface area contributed by atoms with E-state index in [0.717, 1.165) is 6.29 Å². The molecule has 0 radical (unpaired) electrons. The largest absolute Gasteiger partial charge is 0.303 e. The van der Waals surface area contributed by atoms with E-state index in [1.54, 1.807) is 0 Å². The average Bonchev–Trinajstić information content (AvgIpc) is 2.20. The number of hydrogen-bond donors (Lipinski definition) is 0. The Morgan fingerprint density at radius 2 is 1.69 bits per heavy atom. The third-order valence-electron chi connectivity index (χ3n) is 1.31. The lowest BCUT2D eigenvalue weighted by Gasteiger charge is -1.85. The van der Waals surface area contributed by atoms with Crippen molar-refractivity contribution >= 4 is 12.4 Å². The van der Waals surface area contributed by atoms with Crippen LogP contribution >= 0.6 is 0 Å². The normalized spacial score (nSPS) is 8.54.